The van der Waals surface area contributed by atoms with Crippen LogP contribution in [0.3, 0.4) is 0 Å². The van der Waals surface area contributed by atoms with Gasteiger partial charge >= 0.3 is 5.97 Å². The van der Waals surface area contributed by atoms with Gasteiger partial charge in [-0.05, 0) is 59.9 Å². The summed E-state index contributed by atoms with van der Waals surface area (Å²) in [6.07, 6.45) is 7.21. The summed E-state index contributed by atoms with van der Waals surface area (Å²) in [5.41, 5.74) is 3.73. The third-order valence-corrected chi connectivity index (χ3v) is 5.43. The van der Waals surface area contributed by atoms with Crippen LogP contribution in [0.2, 0.25) is 0 Å². The summed E-state index contributed by atoms with van der Waals surface area (Å²) in [4.78, 5) is 10.9. The molecule has 0 saturated heterocycles. The maximum Gasteiger partial charge on any atom is 0.302 e. The number of esters is 1. The first-order valence-electron chi connectivity index (χ1n) is 10.5. The van der Waals surface area contributed by atoms with Gasteiger partial charge in [-0.2, -0.15) is 0 Å². The van der Waals surface area contributed by atoms with Gasteiger partial charge in [-0.15, -0.1) is 0 Å². The van der Waals surface area contributed by atoms with Crippen molar-refractivity contribution < 1.29 is 14.6 Å². The molecule has 0 aliphatic rings. The van der Waals surface area contributed by atoms with Crippen molar-refractivity contribution in [1.82, 2.24) is 0 Å². The molecule has 2 unspecified atom stereocenters. The van der Waals surface area contributed by atoms with E-state index in [9.17, 15) is 9.90 Å². The first-order valence-corrected chi connectivity index (χ1v) is 10.5. The predicted octanol–water partition coefficient (Wildman–Crippen LogP) is 6.70. The normalized spacial score (nSPS) is 13.1. The lowest BCUT2D eigenvalue weighted by molar-refractivity contribution is -0.142. The molecule has 2 aromatic carbocycles. The SMILES string of the molecule is CCCC(CCCCC(C)c1ccc(O)cc1)c1ccc(COC(C)=O)cc1. The van der Waals surface area contributed by atoms with Gasteiger partial charge < -0.3 is 9.84 Å². The van der Waals surface area contributed by atoms with E-state index in [0.717, 1.165) is 5.56 Å². The van der Waals surface area contributed by atoms with Crippen LogP contribution in [0.15, 0.2) is 48.5 Å². The molecule has 2 atom stereocenters. The number of carbonyl (C=O) groups excluding carboxylic acids is 1. The molecule has 0 spiro atoms. The minimum atomic E-state index is -0.241. The third kappa shape index (κ3) is 7.38. The quantitative estimate of drug-likeness (QED) is 0.347. The molecule has 0 saturated carbocycles. The summed E-state index contributed by atoms with van der Waals surface area (Å²) >= 11 is 0. The molecule has 0 radical (unpaired) electrons. The Morgan fingerprint density at radius 2 is 1.54 bits per heavy atom. The lowest BCUT2D eigenvalue weighted by Crippen LogP contribution is -2.02. The number of benzene rings is 2. The van der Waals surface area contributed by atoms with Crippen molar-refractivity contribution in [2.75, 3.05) is 0 Å². The Balaban J connectivity index is 1.81. The van der Waals surface area contributed by atoms with Gasteiger partial charge in [-0.25, -0.2) is 0 Å². The Bertz CT molecular complexity index is 704. The standard InChI is InChI=1S/C25H34O3/c1-4-7-23(24-12-10-21(11-13-24)18-28-20(3)26)9-6-5-8-19(2)22-14-16-25(27)17-15-22/h10-17,19,23,27H,4-9,18H2,1-3H3. The molecule has 2 rings (SSSR count). The van der Waals surface area contributed by atoms with Gasteiger partial charge in [0.25, 0.3) is 0 Å². The summed E-state index contributed by atoms with van der Waals surface area (Å²) in [7, 11) is 0. The highest BCUT2D eigenvalue weighted by atomic mass is 16.5. The Morgan fingerprint density at radius 3 is 2.14 bits per heavy atom. The second-order valence-corrected chi connectivity index (χ2v) is 7.78. The van der Waals surface area contributed by atoms with E-state index in [1.807, 2.05) is 12.1 Å². The average molecular weight is 383 g/mol. The Hall–Kier alpha value is -2.29. The van der Waals surface area contributed by atoms with Crippen molar-refractivity contribution in [2.24, 2.45) is 0 Å². The highest BCUT2D eigenvalue weighted by Gasteiger charge is 2.12. The van der Waals surface area contributed by atoms with E-state index in [1.54, 1.807) is 12.1 Å². The highest BCUT2D eigenvalue weighted by Crippen LogP contribution is 2.29. The van der Waals surface area contributed by atoms with Crippen molar-refractivity contribution >= 4 is 5.97 Å². The van der Waals surface area contributed by atoms with Crippen LogP contribution in [0, 0.1) is 0 Å². The fraction of sp³-hybridized carbons (Fsp3) is 0.480. The van der Waals surface area contributed by atoms with E-state index in [2.05, 4.69) is 38.1 Å². The van der Waals surface area contributed by atoms with Crippen LogP contribution in [0.1, 0.15) is 87.8 Å². The molecule has 3 nitrogen and oxygen atoms in total. The fourth-order valence-corrected chi connectivity index (χ4v) is 3.71. The van der Waals surface area contributed by atoms with Crippen molar-refractivity contribution in [3.05, 3.63) is 65.2 Å². The van der Waals surface area contributed by atoms with Gasteiger partial charge in [0.2, 0.25) is 0 Å². The van der Waals surface area contributed by atoms with E-state index in [0.29, 0.717) is 24.2 Å². The van der Waals surface area contributed by atoms with E-state index >= 15 is 0 Å². The zero-order chi connectivity index (χ0) is 20.4. The molecule has 2 aromatic rings. The number of hydrogen-bond acceptors (Lipinski definition) is 3. The van der Waals surface area contributed by atoms with Crippen molar-refractivity contribution in [3.63, 3.8) is 0 Å². The van der Waals surface area contributed by atoms with Crippen LogP contribution in [0.5, 0.6) is 5.75 Å². The van der Waals surface area contributed by atoms with Crippen LogP contribution >= 0.6 is 0 Å². The summed E-state index contributed by atoms with van der Waals surface area (Å²) in [5.74, 6) is 1.20. The molecule has 3 heteroatoms. The molecular weight excluding hydrogens is 348 g/mol. The van der Waals surface area contributed by atoms with E-state index in [1.165, 1.54) is 56.6 Å². The first kappa shape index (κ1) is 22.0. The van der Waals surface area contributed by atoms with Gasteiger partial charge in [-0.1, -0.05) is 69.5 Å². The number of hydrogen-bond donors (Lipinski definition) is 1. The summed E-state index contributed by atoms with van der Waals surface area (Å²) in [5, 5.41) is 9.42. The lowest BCUT2D eigenvalue weighted by Gasteiger charge is -2.18. The number of carbonyl (C=O) groups is 1. The highest BCUT2D eigenvalue weighted by molar-refractivity contribution is 5.65. The number of ether oxygens (including phenoxy) is 1. The number of unbranched alkanes of at least 4 members (excludes halogenated alkanes) is 1. The van der Waals surface area contributed by atoms with Gasteiger partial charge in [-0.3, -0.25) is 4.79 Å². The minimum absolute atomic E-state index is 0.241. The van der Waals surface area contributed by atoms with Crippen LogP contribution in [-0.4, -0.2) is 11.1 Å². The molecule has 0 fully saturated rings. The Labute approximate surface area is 169 Å². The van der Waals surface area contributed by atoms with E-state index in [-0.39, 0.29) is 5.97 Å². The van der Waals surface area contributed by atoms with Crippen LogP contribution in [-0.2, 0) is 16.1 Å². The minimum Gasteiger partial charge on any atom is -0.508 e. The third-order valence-electron chi connectivity index (χ3n) is 5.43. The Kier molecular flexibility index (Phi) is 9.06. The second kappa shape index (κ2) is 11.5. The summed E-state index contributed by atoms with van der Waals surface area (Å²) in [6, 6.07) is 16.1. The van der Waals surface area contributed by atoms with Crippen molar-refractivity contribution in [3.8, 4) is 5.75 Å². The van der Waals surface area contributed by atoms with E-state index in [4.69, 9.17) is 4.74 Å². The monoisotopic (exact) mass is 382 g/mol. The predicted molar refractivity (Wildman–Crippen MR) is 115 cm³/mol. The van der Waals surface area contributed by atoms with Crippen LogP contribution in [0.4, 0.5) is 0 Å². The molecule has 0 aliphatic carbocycles. The van der Waals surface area contributed by atoms with Crippen LogP contribution < -0.4 is 0 Å². The number of aromatic hydroxyl groups is 1. The van der Waals surface area contributed by atoms with Gasteiger partial charge in [0.1, 0.15) is 12.4 Å². The molecule has 28 heavy (non-hydrogen) atoms. The fourth-order valence-electron chi connectivity index (χ4n) is 3.71. The zero-order valence-electron chi connectivity index (χ0n) is 17.5. The second-order valence-electron chi connectivity index (χ2n) is 7.78. The smallest absolute Gasteiger partial charge is 0.302 e. The molecule has 0 heterocycles. The molecule has 0 bridgehead atoms. The maximum absolute atomic E-state index is 10.9. The molecule has 0 aliphatic heterocycles. The molecule has 0 aromatic heterocycles. The van der Waals surface area contributed by atoms with Crippen molar-refractivity contribution in [2.45, 2.75) is 77.7 Å². The molecule has 152 valence electrons. The lowest BCUT2D eigenvalue weighted by atomic mass is 9.87. The molecule has 0 amide bonds. The number of phenolic OH excluding ortho intramolecular Hbond substituents is 1. The van der Waals surface area contributed by atoms with Crippen LogP contribution in [0.25, 0.3) is 0 Å². The van der Waals surface area contributed by atoms with E-state index < -0.39 is 0 Å². The molecular formula is C25H34O3. The maximum atomic E-state index is 10.9. The number of rotatable bonds is 11. The topological polar surface area (TPSA) is 46.5 Å². The van der Waals surface area contributed by atoms with Gasteiger partial charge in [0.05, 0.1) is 0 Å². The number of phenols is 1. The largest absolute Gasteiger partial charge is 0.508 e. The average Bonchev–Trinajstić information content (AvgIpc) is 2.69. The first-order chi connectivity index (χ1) is 13.5. The van der Waals surface area contributed by atoms with Gasteiger partial charge in [0.15, 0.2) is 0 Å². The Morgan fingerprint density at radius 1 is 0.929 bits per heavy atom. The van der Waals surface area contributed by atoms with Gasteiger partial charge in [0, 0.05) is 6.92 Å². The zero-order valence-corrected chi connectivity index (χ0v) is 17.5. The van der Waals surface area contributed by atoms with Crippen molar-refractivity contribution in [1.29, 1.82) is 0 Å². The molecule has 1 N–H and O–H groups in total. The summed E-state index contributed by atoms with van der Waals surface area (Å²) < 4.78 is 5.07. The summed E-state index contributed by atoms with van der Waals surface area (Å²) in [6.45, 7) is 6.30.